The van der Waals surface area contributed by atoms with E-state index in [1.54, 1.807) is 11.3 Å². The van der Waals surface area contributed by atoms with Crippen molar-refractivity contribution in [1.29, 1.82) is 0 Å². The first-order valence-corrected chi connectivity index (χ1v) is 8.35. The van der Waals surface area contributed by atoms with Crippen LogP contribution in [0.3, 0.4) is 0 Å². The van der Waals surface area contributed by atoms with Crippen molar-refractivity contribution in [2.24, 2.45) is 4.99 Å². The van der Waals surface area contributed by atoms with E-state index in [0.29, 0.717) is 6.04 Å². The monoisotopic (exact) mass is 296 g/mol. The van der Waals surface area contributed by atoms with Gasteiger partial charge in [0.15, 0.2) is 5.96 Å². The maximum atomic E-state index is 4.60. The lowest BCUT2D eigenvalue weighted by Crippen LogP contribution is -2.42. The number of thiophene rings is 1. The highest BCUT2D eigenvalue weighted by Crippen LogP contribution is 2.06. The zero-order valence-electron chi connectivity index (χ0n) is 13.1. The van der Waals surface area contributed by atoms with Gasteiger partial charge in [-0.25, -0.2) is 4.99 Å². The van der Waals surface area contributed by atoms with Crippen molar-refractivity contribution in [3.63, 3.8) is 0 Å². The zero-order chi connectivity index (χ0) is 14.8. The summed E-state index contributed by atoms with van der Waals surface area (Å²) in [5.41, 5.74) is 1.27. The highest BCUT2D eigenvalue weighted by Gasteiger charge is 2.06. The van der Waals surface area contributed by atoms with Crippen LogP contribution in [0.15, 0.2) is 21.8 Å². The van der Waals surface area contributed by atoms with Crippen LogP contribution in [0.1, 0.15) is 32.8 Å². The van der Waals surface area contributed by atoms with Gasteiger partial charge in [-0.05, 0) is 49.7 Å². The molecule has 0 aliphatic heterocycles. The van der Waals surface area contributed by atoms with Crippen molar-refractivity contribution in [3.05, 3.63) is 22.4 Å². The van der Waals surface area contributed by atoms with Gasteiger partial charge in [0, 0.05) is 25.7 Å². The largest absolute Gasteiger partial charge is 0.357 e. The van der Waals surface area contributed by atoms with Crippen LogP contribution in [0, 0.1) is 0 Å². The minimum absolute atomic E-state index is 0.627. The van der Waals surface area contributed by atoms with E-state index in [9.17, 15) is 0 Å². The molecule has 0 fully saturated rings. The molecule has 2 N–H and O–H groups in total. The first-order valence-electron chi connectivity index (χ1n) is 7.40. The van der Waals surface area contributed by atoms with Crippen molar-refractivity contribution < 1.29 is 0 Å². The molecule has 0 saturated heterocycles. The van der Waals surface area contributed by atoms with Gasteiger partial charge < -0.3 is 15.5 Å². The molecule has 4 nitrogen and oxygen atoms in total. The molecule has 0 saturated carbocycles. The van der Waals surface area contributed by atoms with Crippen LogP contribution in [0.4, 0.5) is 0 Å². The third kappa shape index (κ3) is 6.39. The van der Waals surface area contributed by atoms with E-state index in [4.69, 9.17) is 0 Å². The second-order valence-corrected chi connectivity index (χ2v) is 5.77. The fraction of sp³-hybridized carbons (Fsp3) is 0.667. The van der Waals surface area contributed by atoms with Crippen LogP contribution < -0.4 is 10.6 Å². The molecule has 1 unspecified atom stereocenters. The first-order chi connectivity index (χ1) is 9.67. The second kappa shape index (κ2) is 9.77. The van der Waals surface area contributed by atoms with Gasteiger partial charge in [-0.3, -0.25) is 0 Å². The van der Waals surface area contributed by atoms with Gasteiger partial charge in [-0.15, -0.1) is 0 Å². The molecule has 114 valence electrons. The standard InChI is InChI=1S/C15H28N4S/c1-5-13(3)19(4)9-8-17-15(16-6-2)18-11-14-7-10-20-12-14/h7,10,12-13H,5-6,8-9,11H2,1-4H3,(H2,16,17,18). The molecule has 0 aliphatic rings. The maximum Gasteiger partial charge on any atom is 0.191 e. The number of likely N-dealkylation sites (N-methyl/N-ethyl adjacent to an activating group) is 1. The molecular weight excluding hydrogens is 268 g/mol. The summed E-state index contributed by atoms with van der Waals surface area (Å²) in [5, 5.41) is 10.9. The van der Waals surface area contributed by atoms with Crippen LogP contribution in [0.5, 0.6) is 0 Å². The Morgan fingerprint density at radius 2 is 2.20 bits per heavy atom. The van der Waals surface area contributed by atoms with Crippen LogP contribution in [-0.4, -0.2) is 43.6 Å². The normalized spacial score (nSPS) is 13.6. The Morgan fingerprint density at radius 3 is 2.80 bits per heavy atom. The SMILES string of the molecule is CCNC(=NCc1ccsc1)NCCN(C)C(C)CC. The average molecular weight is 296 g/mol. The van der Waals surface area contributed by atoms with Crippen LogP contribution in [0.2, 0.25) is 0 Å². The van der Waals surface area contributed by atoms with Gasteiger partial charge in [0.1, 0.15) is 0 Å². The van der Waals surface area contributed by atoms with Crippen LogP contribution in [-0.2, 0) is 6.54 Å². The number of rotatable bonds is 8. The van der Waals surface area contributed by atoms with Crippen molar-refractivity contribution in [1.82, 2.24) is 15.5 Å². The first kappa shape index (κ1) is 17.0. The summed E-state index contributed by atoms with van der Waals surface area (Å²) >= 11 is 1.72. The van der Waals surface area contributed by atoms with E-state index >= 15 is 0 Å². The molecule has 5 heteroatoms. The van der Waals surface area contributed by atoms with E-state index in [-0.39, 0.29) is 0 Å². The van der Waals surface area contributed by atoms with Gasteiger partial charge in [0.2, 0.25) is 0 Å². The molecule has 20 heavy (non-hydrogen) atoms. The second-order valence-electron chi connectivity index (χ2n) is 4.99. The molecule has 0 amide bonds. The fourth-order valence-corrected chi connectivity index (χ4v) is 2.44. The number of nitrogens with zero attached hydrogens (tertiary/aromatic N) is 2. The molecular formula is C15H28N4S. The molecule has 0 aromatic carbocycles. The van der Waals surface area contributed by atoms with E-state index < -0.39 is 0 Å². The molecule has 1 aromatic heterocycles. The number of hydrogen-bond donors (Lipinski definition) is 2. The van der Waals surface area contributed by atoms with Crippen LogP contribution >= 0.6 is 11.3 Å². The number of nitrogens with one attached hydrogen (secondary N) is 2. The molecule has 1 aromatic rings. The van der Waals surface area contributed by atoms with E-state index in [1.165, 1.54) is 12.0 Å². The zero-order valence-corrected chi connectivity index (χ0v) is 14.0. The van der Waals surface area contributed by atoms with Gasteiger partial charge >= 0.3 is 0 Å². The third-order valence-corrected chi connectivity index (χ3v) is 4.18. The highest BCUT2D eigenvalue weighted by atomic mass is 32.1. The van der Waals surface area contributed by atoms with E-state index in [0.717, 1.165) is 32.1 Å². The quantitative estimate of drug-likeness (QED) is 0.572. The highest BCUT2D eigenvalue weighted by molar-refractivity contribution is 7.07. The Bertz CT molecular complexity index is 375. The van der Waals surface area contributed by atoms with Gasteiger partial charge in [0.05, 0.1) is 6.54 Å². The fourth-order valence-electron chi connectivity index (χ4n) is 1.78. The van der Waals surface area contributed by atoms with Gasteiger partial charge in [-0.1, -0.05) is 6.92 Å². The number of guanidine groups is 1. The number of aliphatic imine (C=N–C) groups is 1. The molecule has 0 radical (unpaired) electrons. The van der Waals surface area contributed by atoms with Gasteiger partial charge in [0.25, 0.3) is 0 Å². The smallest absolute Gasteiger partial charge is 0.191 e. The third-order valence-electron chi connectivity index (χ3n) is 3.44. The Hall–Kier alpha value is -1.07. The lowest BCUT2D eigenvalue weighted by atomic mass is 10.2. The molecule has 0 spiro atoms. The van der Waals surface area contributed by atoms with E-state index in [2.05, 4.69) is 65.2 Å². The van der Waals surface area contributed by atoms with Crippen molar-refractivity contribution in [2.75, 3.05) is 26.7 Å². The number of hydrogen-bond acceptors (Lipinski definition) is 3. The summed E-state index contributed by atoms with van der Waals surface area (Å²) in [5.74, 6) is 0.899. The molecule has 1 heterocycles. The Morgan fingerprint density at radius 1 is 1.40 bits per heavy atom. The topological polar surface area (TPSA) is 39.7 Å². The lowest BCUT2D eigenvalue weighted by Gasteiger charge is -2.23. The summed E-state index contributed by atoms with van der Waals surface area (Å²) in [4.78, 5) is 6.97. The van der Waals surface area contributed by atoms with Gasteiger partial charge in [-0.2, -0.15) is 11.3 Å². The predicted octanol–water partition coefficient (Wildman–Crippen LogP) is 2.53. The Labute approximate surface area is 127 Å². The molecule has 0 bridgehead atoms. The summed E-state index contributed by atoms with van der Waals surface area (Å²) < 4.78 is 0. The van der Waals surface area contributed by atoms with Crippen LogP contribution in [0.25, 0.3) is 0 Å². The minimum atomic E-state index is 0.627. The average Bonchev–Trinajstić information content (AvgIpc) is 2.96. The van der Waals surface area contributed by atoms with Crippen molar-refractivity contribution in [2.45, 2.75) is 39.8 Å². The summed E-state index contributed by atoms with van der Waals surface area (Å²) in [6.45, 7) is 10.1. The molecule has 0 aliphatic carbocycles. The van der Waals surface area contributed by atoms with Crippen molar-refractivity contribution in [3.8, 4) is 0 Å². The predicted molar refractivity (Wildman–Crippen MR) is 89.5 cm³/mol. The van der Waals surface area contributed by atoms with E-state index in [1.807, 2.05) is 0 Å². The summed E-state index contributed by atoms with van der Waals surface area (Å²) in [6, 6.07) is 2.75. The minimum Gasteiger partial charge on any atom is -0.357 e. The van der Waals surface area contributed by atoms with Crippen molar-refractivity contribution >= 4 is 17.3 Å². The lowest BCUT2D eigenvalue weighted by molar-refractivity contribution is 0.255. The molecule has 1 atom stereocenters. The summed E-state index contributed by atoms with van der Waals surface area (Å²) in [6.07, 6.45) is 1.18. The maximum absolute atomic E-state index is 4.60. The molecule has 1 rings (SSSR count). The Kier molecular flexibility index (Phi) is 8.30. The Balaban J connectivity index is 2.36. The summed E-state index contributed by atoms with van der Waals surface area (Å²) in [7, 11) is 2.17.